The SMILES string of the molecule is COc1ccc(CNC(=O)N(CC#N)N2CC(=O)N3[C@@H](Cc4ccc(NC(=O)c5cccc6ccccc56)cc4)C(=O)N(Cc4cccc5sc(N)nc45)C[C@@H]32)cc1. The first-order chi connectivity index (χ1) is 28.2. The molecule has 4 N–H and O–H groups in total. The fraction of sp³-hybridized carbons (Fsp3) is 0.209. The van der Waals surface area contributed by atoms with Crippen LogP contribution in [0, 0.1) is 11.3 Å². The number of benzene rings is 5. The molecule has 2 aliphatic heterocycles. The molecular formula is C43H39N9O5S. The number of piperazine rings is 1. The van der Waals surface area contributed by atoms with Crippen LogP contribution in [-0.2, 0) is 29.1 Å². The van der Waals surface area contributed by atoms with Crippen molar-refractivity contribution in [1.29, 1.82) is 5.26 Å². The van der Waals surface area contributed by atoms with Gasteiger partial charge < -0.3 is 30.9 Å². The lowest BCUT2D eigenvalue weighted by atomic mass is 9.99. The zero-order chi connectivity index (χ0) is 40.3. The number of hydrogen-bond acceptors (Lipinski definition) is 10. The quantitative estimate of drug-likeness (QED) is 0.146. The van der Waals surface area contributed by atoms with Crippen molar-refractivity contribution < 1.29 is 23.9 Å². The topological polar surface area (TPSA) is 177 Å². The minimum absolute atomic E-state index is 0.0733. The highest BCUT2D eigenvalue weighted by Crippen LogP contribution is 2.33. The first kappa shape index (κ1) is 37.9. The van der Waals surface area contributed by atoms with Gasteiger partial charge in [-0.15, -0.1) is 0 Å². The lowest BCUT2D eigenvalue weighted by molar-refractivity contribution is -0.157. The molecule has 58 heavy (non-hydrogen) atoms. The maximum absolute atomic E-state index is 14.5. The number of hydrogen-bond donors (Lipinski definition) is 3. The fourth-order valence-corrected chi connectivity index (χ4v) is 8.46. The lowest BCUT2D eigenvalue weighted by Gasteiger charge is -2.46. The summed E-state index contributed by atoms with van der Waals surface area (Å²) in [4.78, 5) is 63.4. The molecule has 2 fully saturated rings. The molecule has 2 atom stereocenters. The zero-order valence-corrected chi connectivity index (χ0v) is 32.3. The number of rotatable bonds is 11. The highest BCUT2D eigenvalue weighted by molar-refractivity contribution is 7.22. The van der Waals surface area contributed by atoms with Crippen LogP contribution in [0.2, 0.25) is 0 Å². The molecule has 0 saturated carbocycles. The molecule has 3 heterocycles. The van der Waals surface area contributed by atoms with E-state index in [1.165, 1.54) is 21.2 Å². The average molecular weight is 794 g/mol. The van der Waals surface area contributed by atoms with E-state index < -0.39 is 18.2 Å². The van der Waals surface area contributed by atoms with Crippen molar-refractivity contribution in [2.75, 3.05) is 37.8 Å². The van der Waals surface area contributed by atoms with Crippen molar-refractivity contribution >= 4 is 66.9 Å². The number of amides is 5. The average Bonchev–Trinajstić information content (AvgIpc) is 3.79. The van der Waals surface area contributed by atoms with Gasteiger partial charge >= 0.3 is 6.03 Å². The Morgan fingerprint density at radius 3 is 2.48 bits per heavy atom. The number of carbonyl (C=O) groups is 4. The number of urea groups is 1. The van der Waals surface area contributed by atoms with Crippen LogP contribution in [0.5, 0.6) is 5.75 Å². The summed E-state index contributed by atoms with van der Waals surface area (Å²) in [5.41, 5.74) is 10.2. The van der Waals surface area contributed by atoms with E-state index in [9.17, 15) is 24.4 Å². The third-order valence-electron chi connectivity index (χ3n) is 10.5. The minimum Gasteiger partial charge on any atom is -0.497 e. The minimum atomic E-state index is -0.932. The number of anilines is 2. The van der Waals surface area contributed by atoms with Gasteiger partial charge in [0.1, 0.15) is 24.5 Å². The number of nitrogens with one attached hydrogen (secondary N) is 2. The van der Waals surface area contributed by atoms with E-state index in [0.29, 0.717) is 27.6 Å². The van der Waals surface area contributed by atoms with E-state index in [0.717, 1.165) is 32.2 Å². The van der Waals surface area contributed by atoms with Crippen LogP contribution >= 0.6 is 11.3 Å². The summed E-state index contributed by atoms with van der Waals surface area (Å²) in [5.74, 6) is -0.185. The monoisotopic (exact) mass is 793 g/mol. The number of nitrogen functional groups attached to an aromatic ring is 1. The van der Waals surface area contributed by atoms with Crippen LogP contribution in [0.4, 0.5) is 15.6 Å². The number of aromatic nitrogens is 1. The molecule has 2 saturated heterocycles. The number of nitriles is 1. The zero-order valence-electron chi connectivity index (χ0n) is 31.5. The largest absolute Gasteiger partial charge is 0.497 e. The number of thiazole rings is 1. The van der Waals surface area contributed by atoms with Crippen molar-refractivity contribution in [2.45, 2.75) is 31.7 Å². The van der Waals surface area contributed by atoms with Crippen LogP contribution in [0.15, 0.2) is 109 Å². The van der Waals surface area contributed by atoms with Gasteiger partial charge in [0.25, 0.3) is 5.91 Å². The lowest BCUT2D eigenvalue weighted by Crippen LogP contribution is -2.66. The van der Waals surface area contributed by atoms with Gasteiger partial charge in [0.2, 0.25) is 11.8 Å². The van der Waals surface area contributed by atoms with Crippen molar-refractivity contribution in [2.24, 2.45) is 0 Å². The van der Waals surface area contributed by atoms with Gasteiger partial charge in [-0.05, 0) is 63.9 Å². The van der Waals surface area contributed by atoms with Gasteiger partial charge in [0.15, 0.2) is 5.13 Å². The summed E-state index contributed by atoms with van der Waals surface area (Å²) in [6.07, 6.45) is -0.590. The van der Waals surface area contributed by atoms with Gasteiger partial charge in [-0.25, -0.2) is 14.8 Å². The Balaban J connectivity index is 1.06. The number of ether oxygens (including phenoxy) is 1. The van der Waals surface area contributed by atoms with Gasteiger partial charge in [0, 0.05) is 30.8 Å². The van der Waals surface area contributed by atoms with E-state index >= 15 is 0 Å². The Morgan fingerprint density at radius 1 is 0.966 bits per heavy atom. The van der Waals surface area contributed by atoms with E-state index in [1.54, 1.807) is 47.4 Å². The molecular weight excluding hydrogens is 755 g/mol. The van der Waals surface area contributed by atoms with Crippen molar-refractivity contribution in [3.8, 4) is 11.8 Å². The molecule has 0 radical (unpaired) electrons. The van der Waals surface area contributed by atoms with Gasteiger partial charge in [-0.1, -0.05) is 84.1 Å². The second kappa shape index (κ2) is 16.2. The molecule has 0 bridgehead atoms. The highest BCUT2D eigenvalue weighted by atomic mass is 32.1. The van der Waals surface area contributed by atoms with Crippen LogP contribution < -0.4 is 21.1 Å². The smallest absolute Gasteiger partial charge is 0.333 e. The van der Waals surface area contributed by atoms with Crippen LogP contribution in [0.25, 0.3) is 21.0 Å². The Kier molecular flexibility index (Phi) is 10.6. The highest BCUT2D eigenvalue weighted by Gasteiger charge is 2.52. The summed E-state index contributed by atoms with van der Waals surface area (Å²) >= 11 is 1.36. The predicted octanol–water partition coefficient (Wildman–Crippen LogP) is 5.37. The fourth-order valence-electron chi connectivity index (χ4n) is 7.67. The normalized spacial score (nSPS) is 16.6. The summed E-state index contributed by atoms with van der Waals surface area (Å²) in [6.45, 7) is -0.105. The van der Waals surface area contributed by atoms with Crippen LogP contribution in [0.3, 0.4) is 0 Å². The molecule has 6 aromatic rings. The molecule has 15 heteroatoms. The second-order valence-corrected chi connectivity index (χ2v) is 15.1. The molecule has 5 amide bonds. The standard InChI is InChI=1S/C43H39N9O5S/c1-57-32-18-14-28(15-19-32)23-46-43(56)50(21-20-44)51-26-38(53)52-35(41(55)49(25-37(51)52)24-30-8-5-11-36-39(30)48-42(45)58-36)22-27-12-16-31(17-13-27)47-40(54)34-10-4-7-29-6-2-3-9-33(29)34/h2-19,35,37H,21-26H2,1H3,(H2,45,48)(H,46,56)(H,47,54)/t35-,37+/m0/s1. The molecule has 0 aliphatic carbocycles. The molecule has 2 aliphatic rings. The van der Waals surface area contributed by atoms with Gasteiger partial charge in [-0.2, -0.15) is 10.3 Å². The maximum Gasteiger partial charge on any atom is 0.333 e. The Labute approximate surface area is 338 Å². The number of para-hydroxylation sites is 1. The Bertz CT molecular complexity index is 2570. The first-order valence-corrected chi connectivity index (χ1v) is 19.5. The third-order valence-corrected chi connectivity index (χ3v) is 11.3. The van der Waals surface area contributed by atoms with E-state index in [4.69, 9.17) is 10.5 Å². The number of methoxy groups -OCH3 is 1. The molecule has 0 unspecified atom stereocenters. The summed E-state index contributed by atoms with van der Waals surface area (Å²) < 4.78 is 6.12. The summed E-state index contributed by atoms with van der Waals surface area (Å²) in [6, 6.07) is 34.0. The summed E-state index contributed by atoms with van der Waals surface area (Å²) in [5, 5.41) is 20.7. The molecule has 1 aromatic heterocycles. The van der Waals surface area contributed by atoms with E-state index in [1.807, 2.05) is 78.9 Å². The summed E-state index contributed by atoms with van der Waals surface area (Å²) in [7, 11) is 1.57. The van der Waals surface area contributed by atoms with Crippen molar-refractivity contribution in [3.63, 3.8) is 0 Å². The molecule has 5 aromatic carbocycles. The van der Waals surface area contributed by atoms with E-state index in [2.05, 4.69) is 21.7 Å². The number of nitrogens with two attached hydrogens (primary N) is 1. The van der Waals surface area contributed by atoms with Crippen LogP contribution in [0.1, 0.15) is 27.0 Å². The van der Waals surface area contributed by atoms with E-state index in [-0.39, 0.29) is 56.9 Å². The van der Waals surface area contributed by atoms with Crippen molar-refractivity contribution in [1.82, 2.24) is 30.1 Å². The molecule has 0 spiro atoms. The second-order valence-electron chi connectivity index (χ2n) is 14.0. The number of carbonyl (C=O) groups excluding carboxylic acids is 4. The molecule has 14 nitrogen and oxygen atoms in total. The van der Waals surface area contributed by atoms with Gasteiger partial charge in [0.05, 0.1) is 36.5 Å². The number of hydrazine groups is 1. The molecule has 292 valence electrons. The van der Waals surface area contributed by atoms with Crippen LogP contribution in [-0.4, -0.2) is 87.5 Å². The van der Waals surface area contributed by atoms with Crippen molar-refractivity contribution in [3.05, 3.63) is 131 Å². The Hall–Kier alpha value is -7.02. The molecule has 8 rings (SSSR count). The van der Waals surface area contributed by atoms with Gasteiger partial charge in [-0.3, -0.25) is 14.4 Å². The Morgan fingerprint density at radius 2 is 1.71 bits per heavy atom. The number of fused-ring (bicyclic) bond motifs is 3. The predicted molar refractivity (Wildman–Crippen MR) is 220 cm³/mol. The third kappa shape index (κ3) is 7.58. The number of nitrogens with zero attached hydrogens (tertiary/aromatic N) is 6. The maximum atomic E-state index is 14.5. The first-order valence-electron chi connectivity index (χ1n) is 18.6.